The number of carbonyl (C=O) groups is 1. The number of hydrogen-bond acceptors (Lipinski definition) is 2. The Morgan fingerprint density at radius 1 is 1.21 bits per heavy atom. The first-order chi connectivity index (χ1) is 9.09. The van der Waals surface area contributed by atoms with Gasteiger partial charge in [0.25, 0.3) is 5.91 Å². The Labute approximate surface area is 115 Å². The van der Waals surface area contributed by atoms with Crippen molar-refractivity contribution >= 4 is 23.2 Å². The van der Waals surface area contributed by atoms with Crippen LogP contribution < -0.4 is 11.1 Å². The number of nitrogens with one attached hydrogen (secondary N) is 1. The monoisotopic (exact) mass is 278 g/mol. The minimum Gasteiger partial charge on any atom is -0.380 e. The maximum atomic E-state index is 13.6. The van der Waals surface area contributed by atoms with Gasteiger partial charge in [0.1, 0.15) is 5.82 Å². The topological polar surface area (TPSA) is 55.1 Å². The summed E-state index contributed by atoms with van der Waals surface area (Å²) in [6.07, 6.45) is 0. The molecule has 0 spiro atoms. The van der Waals surface area contributed by atoms with Gasteiger partial charge in [-0.25, -0.2) is 4.39 Å². The van der Waals surface area contributed by atoms with Crippen molar-refractivity contribution in [3.8, 4) is 0 Å². The average Bonchev–Trinajstić information content (AvgIpc) is 2.38. The Balaban J connectivity index is 2.22. The molecule has 98 valence electrons. The van der Waals surface area contributed by atoms with E-state index in [2.05, 4.69) is 5.32 Å². The van der Waals surface area contributed by atoms with Gasteiger partial charge in [-0.1, -0.05) is 29.8 Å². The van der Waals surface area contributed by atoms with Crippen LogP contribution in [0.2, 0.25) is 5.02 Å². The van der Waals surface area contributed by atoms with Gasteiger partial charge < -0.3 is 11.1 Å². The van der Waals surface area contributed by atoms with Crippen molar-refractivity contribution in [1.82, 2.24) is 0 Å². The SMILES string of the molecule is NC(=O)c1ccccc1NCc1c(F)cccc1Cl. The van der Waals surface area contributed by atoms with Crippen LogP contribution in [0, 0.1) is 5.82 Å². The molecule has 0 bridgehead atoms. The fourth-order valence-electron chi connectivity index (χ4n) is 1.74. The van der Waals surface area contributed by atoms with E-state index in [0.29, 0.717) is 21.8 Å². The van der Waals surface area contributed by atoms with E-state index in [0.717, 1.165) is 0 Å². The van der Waals surface area contributed by atoms with E-state index in [4.69, 9.17) is 17.3 Å². The van der Waals surface area contributed by atoms with Gasteiger partial charge in [0.05, 0.1) is 5.56 Å². The standard InChI is InChI=1S/C14H12ClFN2O/c15-11-5-3-6-12(16)10(11)8-18-13-7-2-1-4-9(13)14(17)19/h1-7,18H,8H2,(H2,17,19). The summed E-state index contributed by atoms with van der Waals surface area (Å²) in [5.74, 6) is -0.931. The average molecular weight is 279 g/mol. The van der Waals surface area contributed by atoms with Crippen LogP contribution in [0.15, 0.2) is 42.5 Å². The van der Waals surface area contributed by atoms with Crippen molar-refractivity contribution in [3.05, 3.63) is 64.4 Å². The maximum Gasteiger partial charge on any atom is 0.250 e. The lowest BCUT2D eigenvalue weighted by Gasteiger charge is -2.11. The third-order valence-electron chi connectivity index (χ3n) is 2.71. The highest BCUT2D eigenvalue weighted by atomic mass is 35.5. The second-order valence-corrected chi connectivity index (χ2v) is 4.37. The molecule has 0 saturated carbocycles. The summed E-state index contributed by atoms with van der Waals surface area (Å²) < 4.78 is 13.6. The number of carbonyl (C=O) groups excluding carboxylic acids is 1. The number of amides is 1. The molecule has 5 heteroatoms. The molecular formula is C14H12ClFN2O. The molecule has 0 radical (unpaired) electrons. The van der Waals surface area contributed by atoms with Crippen LogP contribution in [-0.4, -0.2) is 5.91 Å². The lowest BCUT2D eigenvalue weighted by atomic mass is 10.1. The largest absolute Gasteiger partial charge is 0.380 e. The summed E-state index contributed by atoms with van der Waals surface area (Å²) in [5, 5.41) is 3.30. The molecule has 2 rings (SSSR count). The second-order valence-electron chi connectivity index (χ2n) is 3.96. The number of rotatable bonds is 4. The molecule has 2 aromatic rings. The third-order valence-corrected chi connectivity index (χ3v) is 3.06. The van der Waals surface area contributed by atoms with Crippen molar-refractivity contribution in [3.63, 3.8) is 0 Å². The second kappa shape index (κ2) is 5.71. The van der Waals surface area contributed by atoms with Gasteiger partial charge in [-0.2, -0.15) is 0 Å². The van der Waals surface area contributed by atoms with Crippen LogP contribution in [0.25, 0.3) is 0 Å². The van der Waals surface area contributed by atoms with Gasteiger partial charge in [0, 0.05) is 22.8 Å². The third kappa shape index (κ3) is 3.03. The fourth-order valence-corrected chi connectivity index (χ4v) is 1.97. The molecule has 0 unspecified atom stereocenters. The van der Waals surface area contributed by atoms with Gasteiger partial charge in [0.2, 0.25) is 0 Å². The predicted octanol–water partition coefficient (Wildman–Crippen LogP) is 3.19. The van der Waals surface area contributed by atoms with E-state index >= 15 is 0 Å². The number of primary amides is 1. The first-order valence-corrected chi connectivity index (χ1v) is 6.03. The highest BCUT2D eigenvalue weighted by Crippen LogP contribution is 2.21. The normalized spacial score (nSPS) is 10.2. The van der Waals surface area contributed by atoms with E-state index < -0.39 is 11.7 Å². The first kappa shape index (κ1) is 13.4. The zero-order valence-electron chi connectivity index (χ0n) is 9.99. The molecule has 3 nitrogen and oxygen atoms in total. The zero-order chi connectivity index (χ0) is 13.8. The number of benzene rings is 2. The number of anilines is 1. The van der Waals surface area contributed by atoms with Crippen molar-refractivity contribution in [2.24, 2.45) is 5.73 Å². The van der Waals surface area contributed by atoms with Gasteiger partial charge in [0.15, 0.2) is 0 Å². The van der Waals surface area contributed by atoms with Crippen LogP contribution in [0.3, 0.4) is 0 Å². The van der Waals surface area contributed by atoms with Crippen LogP contribution in [0.1, 0.15) is 15.9 Å². The Bertz CT molecular complexity index is 596. The lowest BCUT2D eigenvalue weighted by molar-refractivity contribution is 0.100. The maximum absolute atomic E-state index is 13.6. The van der Waals surface area contributed by atoms with Gasteiger partial charge in [-0.15, -0.1) is 0 Å². The van der Waals surface area contributed by atoms with E-state index in [1.54, 1.807) is 36.4 Å². The Morgan fingerprint density at radius 3 is 2.63 bits per heavy atom. The molecule has 3 N–H and O–H groups in total. The molecule has 1 amide bonds. The molecule has 0 fully saturated rings. The fraction of sp³-hybridized carbons (Fsp3) is 0.0714. The highest BCUT2D eigenvalue weighted by molar-refractivity contribution is 6.31. The summed E-state index contributed by atoms with van der Waals surface area (Å²) in [6, 6.07) is 11.3. The minimum absolute atomic E-state index is 0.176. The summed E-state index contributed by atoms with van der Waals surface area (Å²) in [4.78, 5) is 11.2. The van der Waals surface area contributed by atoms with Gasteiger partial charge >= 0.3 is 0 Å². The van der Waals surface area contributed by atoms with E-state index in [9.17, 15) is 9.18 Å². The number of halogens is 2. The van der Waals surface area contributed by atoms with E-state index in [-0.39, 0.29) is 6.54 Å². The number of para-hydroxylation sites is 1. The summed E-state index contributed by atoms with van der Waals surface area (Å²) in [5.41, 5.74) is 6.52. The molecule has 19 heavy (non-hydrogen) atoms. The van der Waals surface area contributed by atoms with E-state index in [1.807, 2.05) is 0 Å². The number of nitrogens with two attached hydrogens (primary N) is 1. The van der Waals surface area contributed by atoms with Crippen molar-refractivity contribution in [2.75, 3.05) is 5.32 Å². The van der Waals surface area contributed by atoms with E-state index in [1.165, 1.54) is 6.07 Å². The number of hydrogen-bond donors (Lipinski definition) is 2. The Kier molecular flexibility index (Phi) is 4.02. The molecule has 0 aromatic heterocycles. The minimum atomic E-state index is -0.539. The van der Waals surface area contributed by atoms with Crippen LogP contribution in [0.4, 0.5) is 10.1 Å². The molecular weight excluding hydrogens is 267 g/mol. The van der Waals surface area contributed by atoms with Crippen molar-refractivity contribution < 1.29 is 9.18 Å². The molecule has 0 saturated heterocycles. The molecule has 0 aliphatic carbocycles. The van der Waals surface area contributed by atoms with Crippen molar-refractivity contribution in [1.29, 1.82) is 0 Å². The summed E-state index contributed by atoms with van der Waals surface area (Å²) in [6.45, 7) is 0.176. The summed E-state index contributed by atoms with van der Waals surface area (Å²) in [7, 11) is 0. The zero-order valence-corrected chi connectivity index (χ0v) is 10.7. The van der Waals surface area contributed by atoms with Crippen molar-refractivity contribution in [2.45, 2.75) is 6.54 Å². The molecule has 0 aliphatic rings. The molecule has 2 aromatic carbocycles. The van der Waals surface area contributed by atoms with Crippen LogP contribution in [0.5, 0.6) is 0 Å². The predicted molar refractivity (Wildman–Crippen MR) is 73.7 cm³/mol. The van der Waals surface area contributed by atoms with Crippen LogP contribution >= 0.6 is 11.6 Å². The Hall–Kier alpha value is -2.07. The molecule has 0 heterocycles. The first-order valence-electron chi connectivity index (χ1n) is 5.65. The smallest absolute Gasteiger partial charge is 0.250 e. The van der Waals surface area contributed by atoms with Gasteiger partial charge in [-0.05, 0) is 24.3 Å². The molecule has 0 atom stereocenters. The molecule has 0 aliphatic heterocycles. The van der Waals surface area contributed by atoms with Crippen LogP contribution in [-0.2, 0) is 6.54 Å². The lowest BCUT2D eigenvalue weighted by Crippen LogP contribution is -2.14. The highest BCUT2D eigenvalue weighted by Gasteiger charge is 2.10. The van der Waals surface area contributed by atoms with Gasteiger partial charge in [-0.3, -0.25) is 4.79 Å². The Morgan fingerprint density at radius 2 is 1.95 bits per heavy atom. The summed E-state index contributed by atoms with van der Waals surface area (Å²) >= 11 is 5.93. The quantitative estimate of drug-likeness (QED) is 0.902.